The van der Waals surface area contributed by atoms with Gasteiger partial charge in [0.15, 0.2) is 6.10 Å². The summed E-state index contributed by atoms with van der Waals surface area (Å²) in [7, 11) is 0. The number of benzene rings is 3. The standard InChI is InChI=1S/C26H28N2O3/c1-4-24(31-21-15-14-18(2)19(3)16-21)26(30)28-23-13-9-8-12-22(23)25(29)27-17-20-10-6-5-7-11-20/h5-16,24H,4,17H2,1-3H3,(H,27,29)(H,28,30)/t24-/m1/s1. The average Bonchev–Trinajstić information content (AvgIpc) is 2.79. The van der Waals surface area contributed by atoms with E-state index in [-0.39, 0.29) is 11.8 Å². The fraction of sp³-hybridized carbons (Fsp3) is 0.231. The maximum atomic E-state index is 12.9. The molecule has 3 aromatic carbocycles. The number of amides is 2. The Hall–Kier alpha value is -3.60. The SMILES string of the molecule is CC[C@@H](Oc1ccc(C)c(C)c1)C(=O)Nc1ccccc1C(=O)NCc1ccccc1. The van der Waals surface area contributed by atoms with Gasteiger partial charge in [-0.25, -0.2) is 0 Å². The third-order valence-corrected chi connectivity index (χ3v) is 5.15. The Bertz CT molecular complexity index is 1050. The van der Waals surface area contributed by atoms with Crippen LogP contribution in [0.5, 0.6) is 5.75 Å². The van der Waals surface area contributed by atoms with Gasteiger partial charge in [0.05, 0.1) is 11.3 Å². The summed E-state index contributed by atoms with van der Waals surface area (Å²) in [5.41, 5.74) is 4.15. The van der Waals surface area contributed by atoms with E-state index in [1.165, 1.54) is 5.56 Å². The highest BCUT2D eigenvalue weighted by molar-refractivity contribution is 6.04. The van der Waals surface area contributed by atoms with Crippen LogP contribution in [-0.4, -0.2) is 17.9 Å². The van der Waals surface area contributed by atoms with Crippen molar-refractivity contribution in [2.24, 2.45) is 0 Å². The summed E-state index contributed by atoms with van der Waals surface area (Å²) < 4.78 is 5.93. The molecule has 1 atom stereocenters. The van der Waals surface area contributed by atoms with E-state index in [4.69, 9.17) is 4.74 Å². The number of anilines is 1. The molecule has 0 aliphatic rings. The van der Waals surface area contributed by atoms with E-state index >= 15 is 0 Å². The summed E-state index contributed by atoms with van der Waals surface area (Å²) >= 11 is 0. The number of hydrogen-bond acceptors (Lipinski definition) is 3. The summed E-state index contributed by atoms with van der Waals surface area (Å²) in [6, 6.07) is 22.4. The molecular formula is C26H28N2O3. The summed E-state index contributed by atoms with van der Waals surface area (Å²) in [5, 5.41) is 5.76. The molecule has 0 unspecified atom stereocenters. The summed E-state index contributed by atoms with van der Waals surface area (Å²) in [5.74, 6) is 0.117. The topological polar surface area (TPSA) is 67.4 Å². The van der Waals surface area contributed by atoms with Gasteiger partial charge >= 0.3 is 0 Å². The Morgan fingerprint density at radius 3 is 2.32 bits per heavy atom. The fourth-order valence-electron chi connectivity index (χ4n) is 3.15. The van der Waals surface area contributed by atoms with E-state index in [9.17, 15) is 9.59 Å². The highest BCUT2D eigenvalue weighted by Crippen LogP contribution is 2.20. The van der Waals surface area contributed by atoms with Crippen molar-refractivity contribution in [2.75, 3.05) is 5.32 Å². The number of para-hydroxylation sites is 1. The number of aryl methyl sites for hydroxylation is 2. The molecule has 0 bridgehead atoms. The molecule has 5 nitrogen and oxygen atoms in total. The van der Waals surface area contributed by atoms with Crippen LogP contribution in [0.4, 0.5) is 5.69 Å². The van der Waals surface area contributed by atoms with Crippen LogP contribution in [0, 0.1) is 13.8 Å². The van der Waals surface area contributed by atoms with Gasteiger partial charge in [0.25, 0.3) is 11.8 Å². The Balaban J connectivity index is 1.68. The molecule has 0 aliphatic heterocycles. The number of carbonyl (C=O) groups is 2. The molecule has 0 heterocycles. The molecule has 0 fully saturated rings. The zero-order valence-corrected chi connectivity index (χ0v) is 18.1. The molecule has 31 heavy (non-hydrogen) atoms. The predicted octanol–water partition coefficient (Wildman–Crippen LogP) is 5.03. The van der Waals surface area contributed by atoms with Crippen LogP contribution in [0.1, 0.15) is 40.4 Å². The van der Waals surface area contributed by atoms with Gasteiger partial charge in [-0.3, -0.25) is 9.59 Å². The fourth-order valence-corrected chi connectivity index (χ4v) is 3.15. The van der Waals surface area contributed by atoms with Crippen LogP contribution >= 0.6 is 0 Å². The van der Waals surface area contributed by atoms with Gasteiger partial charge < -0.3 is 15.4 Å². The smallest absolute Gasteiger partial charge is 0.265 e. The number of nitrogens with one attached hydrogen (secondary N) is 2. The number of ether oxygens (including phenoxy) is 1. The van der Waals surface area contributed by atoms with Crippen molar-refractivity contribution in [3.8, 4) is 5.75 Å². The van der Waals surface area contributed by atoms with Gasteiger partial charge in [0, 0.05) is 6.54 Å². The highest BCUT2D eigenvalue weighted by atomic mass is 16.5. The maximum Gasteiger partial charge on any atom is 0.265 e. The summed E-state index contributed by atoms with van der Waals surface area (Å²) in [6.45, 7) is 6.34. The minimum Gasteiger partial charge on any atom is -0.481 e. The molecule has 0 saturated carbocycles. The van der Waals surface area contributed by atoms with E-state index in [0.717, 1.165) is 11.1 Å². The first-order valence-electron chi connectivity index (χ1n) is 10.4. The van der Waals surface area contributed by atoms with Crippen molar-refractivity contribution in [1.82, 2.24) is 5.32 Å². The van der Waals surface area contributed by atoms with Crippen LogP contribution in [0.15, 0.2) is 72.8 Å². The first-order valence-corrected chi connectivity index (χ1v) is 10.4. The van der Waals surface area contributed by atoms with Gasteiger partial charge in [0.1, 0.15) is 5.75 Å². The Morgan fingerprint density at radius 2 is 1.61 bits per heavy atom. The maximum absolute atomic E-state index is 12.9. The number of rotatable bonds is 8. The molecule has 3 aromatic rings. The van der Waals surface area contributed by atoms with Crippen molar-refractivity contribution in [3.05, 3.63) is 95.1 Å². The first kappa shape index (κ1) is 22.1. The lowest BCUT2D eigenvalue weighted by molar-refractivity contribution is -0.122. The van der Waals surface area contributed by atoms with Gasteiger partial charge in [-0.2, -0.15) is 0 Å². The number of carbonyl (C=O) groups excluding carboxylic acids is 2. The third-order valence-electron chi connectivity index (χ3n) is 5.15. The van der Waals surface area contributed by atoms with Crippen molar-refractivity contribution in [2.45, 2.75) is 39.8 Å². The van der Waals surface area contributed by atoms with E-state index < -0.39 is 6.10 Å². The normalized spacial score (nSPS) is 11.5. The molecular weight excluding hydrogens is 388 g/mol. The van der Waals surface area contributed by atoms with Gasteiger partial charge in [0.2, 0.25) is 0 Å². The average molecular weight is 417 g/mol. The largest absolute Gasteiger partial charge is 0.481 e. The second kappa shape index (κ2) is 10.4. The summed E-state index contributed by atoms with van der Waals surface area (Å²) in [4.78, 5) is 25.6. The highest BCUT2D eigenvalue weighted by Gasteiger charge is 2.21. The molecule has 2 N–H and O–H groups in total. The van der Waals surface area contributed by atoms with Crippen LogP contribution < -0.4 is 15.4 Å². The molecule has 0 spiro atoms. The van der Waals surface area contributed by atoms with Crippen LogP contribution in [-0.2, 0) is 11.3 Å². The molecule has 0 saturated heterocycles. The lowest BCUT2D eigenvalue weighted by Crippen LogP contribution is -2.33. The Kier molecular flexibility index (Phi) is 7.44. The quantitative estimate of drug-likeness (QED) is 0.541. The molecule has 3 rings (SSSR count). The second-order valence-electron chi connectivity index (χ2n) is 7.46. The van der Waals surface area contributed by atoms with Crippen LogP contribution in [0.3, 0.4) is 0 Å². The number of hydrogen-bond donors (Lipinski definition) is 2. The minimum absolute atomic E-state index is 0.247. The van der Waals surface area contributed by atoms with E-state index in [0.29, 0.717) is 30.0 Å². The van der Waals surface area contributed by atoms with Crippen molar-refractivity contribution in [3.63, 3.8) is 0 Å². The molecule has 0 aromatic heterocycles. The lowest BCUT2D eigenvalue weighted by atomic mass is 10.1. The third kappa shape index (κ3) is 5.95. The monoisotopic (exact) mass is 416 g/mol. The predicted molar refractivity (Wildman–Crippen MR) is 123 cm³/mol. The Labute approximate surface area is 183 Å². The van der Waals surface area contributed by atoms with Gasteiger partial charge in [-0.05, 0) is 61.2 Å². The molecule has 5 heteroatoms. The zero-order chi connectivity index (χ0) is 22.2. The van der Waals surface area contributed by atoms with Crippen LogP contribution in [0.2, 0.25) is 0 Å². The molecule has 0 aliphatic carbocycles. The second-order valence-corrected chi connectivity index (χ2v) is 7.46. The van der Waals surface area contributed by atoms with Crippen molar-refractivity contribution in [1.29, 1.82) is 0 Å². The molecule has 160 valence electrons. The van der Waals surface area contributed by atoms with Gasteiger partial charge in [-0.1, -0.05) is 55.5 Å². The zero-order valence-electron chi connectivity index (χ0n) is 18.1. The van der Waals surface area contributed by atoms with Crippen molar-refractivity contribution < 1.29 is 14.3 Å². The molecule has 0 radical (unpaired) electrons. The lowest BCUT2D eigenvalue weighted by Gasteiger charge is -2.19. The minimum atomic E-state index is -0.664. The molecule has 2 amide bonds. The van der Waals surface area contributed by atoms with E-state index in [1.807, 2.05) is 69.3 Å². The summed E-state index contributed by atoms with van der Waals surface area (Å²) in [6.07, 6.45) is -0.163. The van der Waals surface area contributed by atoms with Crippen molar-refractivity contribution >= 4 is 17.5 Å². The van der Waals surface area contributed by atoms with Crippen LogP contribution in [0.25, 0.3) is 0 Å². The Morgan fingerprint density at radius 1 is 0.903 bits per heavy atom. The first-order chi connectivity index (χ1) is 15.0. The van der Waals surface area contributed by atoms with Gasteiger partial charge in [-0.15, -0.1) is 0 Å². The van der Waals surface area contributed by atoms with E-state index in [1.54, 1.807) is 24.3 Å². The van der Waals surface area contributed by atoms with E-state index in [2.05, 4.69) is 10.6 Å².